The van der Waals surface area contributed by atoms with Crippen molar-refractivity contribution in [1.29, 1.82) is 0 Å². The van der Waals surface area contributed by atoms with Crippen LogP contribution in [-0.4, -0.2) is 57.0 Å². The first-order valence-corrected chi connectivity index (χ1v) is 8.77. The lowest BCUT2D eigenvalue weighted by Gasteiger charge is -2.17. The molecule has 0 aromatic carbocycles. The number of ether oxygens (including phenoxy) is 2. The molecule has 0 aliphatic rings. The van der Waals surface area contributed by atoms with Crippen LogP contribution in [0.25, 0.3) is 0 Å². The third-order valence-electron chi connectivity index (χ3n) is 3.54. The first-order valence-electron chi connectivity index (χ1n) is 8.77. The van der Waals surface area contributed by atoms with Crippen molar-refractivity contribution in [3.63, 3.8) is 0 Å². The van der Waals surface area contributed by atoms with Crippen LogP contribution in [0.1, 0.15) is 32.4 Å². The lowest BCUT2D eigenvalue weighted by atomic mass is 10.2. The van der Waals surface area contributed by atoms with E-state index in [1.54, 1.807) is 7.11 Å². The van der Waals surface area contributed by atoms with E-state index in [1.165, 1.54) is 0 Å². The normalized spacial score (nSPS) is 12.9. The number of hydrogen-bond donors (Lipinski definition) is 2. The minimum Gasteiger partial charge on any atom is -0.382 e. The van der Waals surface area contributed by atoms with Crippen molar-refractivity contribution < 1.29 is 9.47 Å². The summed E-state index contributed by atoms with van der Waals surface area (Å²) in [5.74, 6) is 0.858. The second-order valence-corrected chi connectivity index (χ2v) is 5.64. The Morgan fingerprint density at radius 1 is 1.29 bits per heavy atom. The molecule has 24 heavy (non-hydrogen) atoms. The first kappa shape index (κ1) is 20.4. The zero-order valence-electron chi connectivity index (χ0n) is 15.3. The molecule has 0 unspecified atom stereocenters. The smallest absolute Gasteiger partial charge is 0.191 e. The molecule has 0 amide bonds. The van der Waals surface area contributed by atoms with Gasteiger partial charge in [0.15, 0.2) is 5.96 Å². The molecule has 2 N–H and O–H groups in total. The zero-order chi connectivity index (χ0) is 17.5. The standard InChI is InChI=1S/C18H32N4O2/c1-4-16(2)22-18(20-11-7-13-24-15-14-23-3)21-12-9-17-8-5-6-10-19-17/h5-6,8,10,16H,4,7,9,11-15H2,1-3H3,(H2,20,21,22)/t16-/m1/s1. The zero-order valence-corrected chi connectivity index (χ0v) is 15.3. The molecule has 1 heterocycles. The maximum Gasteiger partial charge on any atom is 0.191 e. The molecule has 6 heteroatoms. The maximum atomic E-state index is 5.45. The first-order chi connectivity index (χ1) is 11.8. The van der Waals surface area contributed by atoms with Crippen LogP contribution >= 0.6 is 0 Å². The second kappa shape index (κ2) is 13.7. The number of guanidine groups is 1. The minimum atomic E-state index is 0.393. The summed E-state index contributed by atoms with van der Waals surface area (Å²) in [6.45, 7) is 7.85. The highest BCUT2D eigenvalue weighted by Gasteiger charge is 2.03. The van der Waals surface area contributed by atoms with E-state index in [1.807, 2.05) is 24.4 Å². The van der Waals surface area contributed by atoms with E-state index in [0.29, 0.717) is 25.9 Å². The quantitative estimate of drug-likeness (QED) is 0.347. The fourth-order valence-corrected chi connectivity index (χ4v) is 1.94. The Bertz CT molecular complexity index is 440. The van der Waals surface area contributed by atoms with Gasteiger partial charge in [0.2, 0.25) is 0 Å². The van der Waals surface area contributed by atoms with Crippen LogP contribution in [0, 0.1) is 0 Å². The molecule has 0 saturated heterocycles. The molecule has 1 aromatic heterocycles. The number of aromatic nitrogens is 1. The van der Waals surface area contributed by atoms with Crippen LogP contribution in [0.2, 0.25) is 0 Å². The largest absolute Gasteiger partial charge is 0.382 e. The fourth-order valence-electron chi connectivity index (χ4n) is 1.94. The number of rotatable bonds is 12. The average molecular weight is 336 g/mol. The molecule has 0 saturated carbocycles. The fraction of sp³-hybridized carbons (Fsp3) is 0.667. The van der Waals surface area contributed by atoms with Crippen LogP contribution in [-0.2, 0) is 15.9 Å². The van der Waals surface area contributed by atoms with Crippen molar-refractivity contribution in [2.24, 2.45) is 4.99 Å². The van der Waals surface area contributed by atoms with Crippen LogP contribution < -0.4 is 10.6 Å². The van der Waals surface area contributed by atoms with Gasteiger partial charge in [-0.2, -0.15) is 0 Å². The lowest BCUT2D eigenvalue weighted by Crippen LogP contribution is -2.43. The number of hydrogen-bond acceptors (Lipinski definition) is 4. The van der Waals surface area contributed by atoms with E-state index in [2.05, 4.69) is 34.5 Å². The number of nitrogens with zero attached hydrogens (tertiary/aromatic N) is 2. The summed E-state index contributed by atoms with van der Waals surface area (Å²) < 4.78 is 10.4. The Kier molecular flexibility index (Phi) is 11.7. The second-order valence-electron chi connectivity index (χ2n) is 5.64. The minimum absolute atomic E-state index is 0.393. The van der Waals surface area contributed by atoms with Crippen molar-refractivity contribution in [2.45, 2.75) is 39.2 Å². The summed E-state index contributed by atoms with van der Waals surface area (Å²) >= 11 is 0. The van der Waals surface area contributed by atoms with Gasteiger partial charge >= 0.3 is 0 Å². The van der Waals surface area contributed by atoms with E-state index in [-0.39, 0.29) is 0 Å². The van der Waals surface area contributed by atoms with Gasteiger partial charge in [-0.15, -0.1) is 0 Å². The van der Waals surface area contributed by atoms with Crippen molar-refractivity contribution in [3.8, 4) is 0 Å². The molecule has 1 atom stereocenters. The topological polar surface area (TPSA) is 67.8 Å². The SMILES string of the molecule is CC[C@@H](C)NC(=NCCCOCCOC)NCCc1ccccn1. The monoisotopic (exact) mass is 336 g/mol. The number of methoxy groups -OCH3 is 1. The van der Waals surface area contributed by atoms with E-state index >= 15 is 0 Å². The van der Waals surface area contributed by atoms with E-state index in [4.69, 9.17) is 9.47 Å². The summed E-state index contributed by atoms with van der Waals surface area (Å²) in [5.41, 5.74) is 1.08. The molecule has 0 fully saturated rings. The Hall–Kier alpha value is -1.66. The predicted octanol–water partition coefficient (Wildman–Crippen LogP) is 2.01. The lowest BCUT2D eigenvalue weighted by molar-refractivity contribution is 0.0702. The third kappa shape index (κ3) is 10.2. The molecule has 1 aromatic rings. The molecule has 0 aliphatic carbocycles. The molecule has 136 valence electrons. The Labute approximate surface area is 146 Å². The van der Waals surface area contributed by atoms with Gasteiger partial charge in [0.1, 0.15) is 0 Å². The number of pyridine rings is 1. The van der Waals surface area contributed by atoms with Gasteiger partial charge in [-0.05, 0) is 31.9 Å². The molecule has 0 radical (unpaired) electrons. The average Bonchev–Trinajstić information content (AvgIpc) is 2.61. The highest BCUT2D eigenvalue weighted by atomic mass is 16.5. The van der Waals surface area contributed by atoms with Gasteiger partial charge in [0.25, 0.3) is 0 Å². The molecule has 0 bridgehead atoms. The number of aliphatic imine (C=N–C) groups is 1. The summed E-state index contributed by atoms with van der Waals surface area (Å²) in [6.07, 6.45) is 4.66. The van der Waals surface area contributed by atoms with Crippen LogP contribution in [0.5, 0.6) is 0 Å². The Morgan fingerprint density at radius 3 is 2.88 bits per heavy atom. The molecular weight excluding hydrogens is 304 g/mol. The number of nitrogens with one attached hydrogen (secondary N) is 2. The van der Waals surface area contributed by atoms with Gasteiger partial charge in [-0.25, -0.2) is 0 Å². The summed E-state index contributed by atoms with van der Waals surface area (Å²) in [4.78, 5) is 8.96. The Morgan fingerprint density at radius 2 is 2.17 bits per heavy atom. The van der Waals surface area contributed by atoms with Crippen molar-refractivity contribution in [3.05, 3.63) is 30.1 Å². The van der Waals surface area contributed by atoms with Gasteiger partial charge in [0, 0.05) is 51.2 Å². The molecule has 6 nitrogen and oxygen atoms in total. The van der Waals surface area contributed by atoms with E-state index < -0.39 is 0 Å². The van der Waals surface area contributed by atoms with Gasteiger partial charge in [0.05, 0.1) is 13.2 Å². The molecule has 1 rings (SSSR count). The highest BCUT2D eigenvalue weighted by molar-refractivity contribution is 5.80. The van der Waals surface area contributed by atoms with E-state index in [0.717, 1.165) is 44.0 Å². The van der Waals surface area contributed by atoms with Gasteiger partial charge in [-0.1, -0.05) is 13.0 Å². The molecular formula is C18H32N4O2. The van der Waals surface area contributed by atoms with Crippen molar-refractivity contribution in [1.82, 2.24) is 15.6 Å². The Balaban J connectivity index is 2.31. The summed E-state index contributed by atoms with van der Waals surface area (Å²) in [6, 6.07) is 6.38. The predicted molar refractivity (Wildman–Crippen MR) is 98.4 cm³/mol. The van der Waals surface area contributed by atoms with Crippen LogP contribution in [0.4, 0.5) is 0 Å². The van der Waals surface area contributed by atoms with Gasteiger partial charge in [-0.3, -0.25) is 9.98 Å². The van der Waals surface area contributed by atoms with E-state index in [9.17, 15) is 0 Å². The van der Waals surface area contributed by atoms with Crippen molar-refractivity contribution >= 4 is 5.96 Å². The van der Waals surface area contributed by atoms with Crippen LogP contribution in [0.3, 0.4) is 0 Å². The highest BCUT2D eigenvalue weighted by Crippen LogP contribution is 1.94. The van der Waals surface area contributed by atoms with Crippen LogP contribution in [0.15, 0.2) is 29.4 Å². The summed E-state index contributed by atoms with van der Waals surface area (Å²) in [5, 5.41) is 6.80. The third-order valence-corrected chi connectivity index (χ3v) is 3.54. The molecule has 0 aliphatic heterocycles. The summed E-state index contributed by atoms with van der Waals surface area (Å²) in [7, 11) is 1.68. The maximum absolute atomic E-state index is 5.45. The van der Waals surface area contributed by atoms with Gasteiger partial charge < -0.3 is 20.1 Å². The van der Waals surface area contributed by atoms with Crippen molar-refractivity contribution in [2.75, 3.05) is 40.0 Å². The molecule has 0 spiro atoms.